The van der Waals surface area contributed by atoms with Crippen molar-refractivity contribution in [2.45, 2.75) is 51.6 Å². The van der Waals surface area contributed by atoms with Crippen LogP contribution < -0.4 is 5.32 Å². The molecule has 1 aromatic heterocycles. The maximum absolute atomic E-state index is 12.9. The topological polar surface area (TPSA) is 80.1 Å². The lowest BCUT2D eigenvalue weighted by molar-refractivity contribution is -0.129. The predicted molar refractivity (Wildman–Crippen MR) is 107 cm³/mol. The summed E-state index contributed by atoms with van der Waals surface area (Å²) in [6, 6.07) is 8.36. The number of likely N-dealkylation sites (tertiary alicyclic amines) is 1. The molecule has 7 heteroatoms. The second-order valence-corrected chi connectivity index (χ2v) is 8.78. The molecular weight excluding hydrogens is 366 g/mol. The maximum Gasteiger partial charge on any atom is 0.289 e. The van der Waals surface area contributed by atoms with E-state index >= 15 is 0 Å². The van der Waals surface area contributed by atoms with Crippen LogP contribution in [0.4, 0.5) is 0 Å². The van der Waals surface area contributed by atoms with Gasteiger partial charge in [0, 0.05) is 32.1 Å². The number of carbonyl (C=O) groups excluding carboxylic acids is 2. The van der Waals surface area contributed by atoms with Crippen molar-refractivity contribution in [2.75, 3.05) is 13.1 Å². The summed E-state index contributed by atoms with van der Waals surface area (Å²) in [6.07, 6.45) is 4.51. The molecule has 29 heavy (non-hydrogen) atoms. The summed E-state index contributed by atoms with van der Waals surface area (Å²) >= 11 is 0. The largest absolute Gasteiger partial charge is 0.347 e. The number of benzene rings is 1. The molecule has 0 bridgehead atoms. The average Bonchev–Trinajstić information content (AvgIpc) is 3.27. The fourth-order valence-electron chi connectivity index (χ4n) is 4.78. The molecule has 0 unspecified atom stereocenters. The van der Waals surface area contributed by atoms with Crippen LogP contribution >= 0.6 is 0 Å². The molecule has 3 aliphatic rings. The second kappa shape index (κ2) is 7.28. The third kappa shape index (κ3) is 3.43. The summed E-state index contributed by atoms with van der Waals surface area (Å²) in [7, 11) is 0. The third-order valence-electron chi connectivity index (χ3n) is 6.86. The van der Waals surface area contributed by atoms with Crippen molar-refractivity contribution in [1.29, 1.82) is 0 Å². The summed E-state index contributed by atoms with van der Waals surface area (Å²) in [5, 5.41) is 11.5. The van der Waals surface area contributed by atoms with Crippen molar-refractivity contribution in [2.24, 2.45) is 11.8 Å². The number of rotatable bonds is 4. The lowest BCUT2D eigenvalue weighted by atomic mass is 9.89. The van der Waals surface area contributed by atoms with Gasteiger partial charge in [-0.2, -0.15) is 0 Å². The fourth-order valence-corrected chi connectivity index (χ4v) is 4.78. The minimum absolute atomic E-state index is 0.114. The van der Waals surface area contributed by atoms with E-state index in [2.05, 4.69) is 28.5 Å². The van der Waals surface area contributed by atoms with Gasteiger partial charge in [-0.05, 0) is 49.1 Å². The quantitative estimate of drug-likeness (QED) is 0.858. The van der Waals surface area contributed by atoms with Gasteiger partial charge in [-0.25, -0.2) is 0 Å². The number of hydrogen-bond acceptors (Lipinski definition) is 4. The third-order valence-corrected chi connectivity index (χ3v) is 6.86. The molecule has 152 valence electrons. The van der Waals surface area contributed by atoms with Gasteiger partial charge in [0.15, 0.2) is 0 Å². The van der Waals surface area contributed by atoms with E-state index in [-0.39, 0.29) is 17.9 Å². The van der Waals surface area contributed by atoms with E-state index < -0.39 is 0 Å². The Balaban J connectivity index is 1.25. The van der Waals surface area contributed by atoms with E-state index in [1.165, 1.54) is 6.42 Å². The highest BCUT2D eigenvalue weighted by atomic mass is 16.2. The van der Waals surface area contributed by atoms with Gasteiger partial charge in [0.1, 0.15) is 5.82 Å². The van der Waals surface area contributed by atoms with Gasteiger partial charge in [0.05, 0.1) is 6.42 Å². The van der Waals surface area contributed by atoms with Gasteiger partial charge in [-0.1, -0.05) is 24.3 Å². The predicted octanol–water partition coefficient (Wildman–Crippen LogP) is 1.74. The number of aromatic nitrogens is 3. The maximum atomic E-state index is 12.9. The molecule has 2 atom stereocenters. The molecule has 5 rings (SSSR count). The first kappa shape index (κ1) is 18.3. The zero-order valence-electron chi connectivity index (χ0n) is 16.8. The number of amides is 2. The zero-order chi connectivity index (χ0) is 20.0. The number of nitrogens with zero attached hydrogens (tertiary/aromatic N) is 4. The summed E-state index contributed by atoms with van der Waals surface area (Å²) in [5.41, 5.74) is 2.25. The highest BCUT2D eigenvalue weighted by Crippen LogP contribution is 2.33. The SMILES string of the molecule is Cc1ccccc1CC(=O)N1C[C@@H]2Cc3nnc(C(=O)NC4CCC4)n3C[C@@H]2C1. The summed E-state index contributed by atoms with van der Waals surface area (Å²) in [4.78, 5) is 27.5. The molecule has 1 aromatic carbocycles. The first-order chi connectivity index (χ1) is 14.1. The minimum atomic E-state index is -0.114. The van der Waals surface area contributed by atoms with Crippen LogP contribution in [0.2, 0.25) is 0 Å². The molecule has 7 nitrogen and oxygen atoms in total. The highest BCUT2D eigenvalue weighted by molar-refractivity contribution is 5.91. The van der Waals surface area contributed by atoms with Crippen molar-refractivity contribution >= 4 is 11.8 Å². The van der Waals surface area contributed by atoms with Gasteiger partial charge in [-0.3, -0.25) is 9.59 Å². The van der Waals surface area contributed by atoms with Crippen LogP contribution in [0.25, 0.3) is 0 Å². The Bertz CT molecular complexity index is 948. The molecule has 0 radical (unpaired) electrons. The van der Waals surface area contributed by atoms with Crippen molar-refractivity contribution in [3.05, 3.63) is 47.0 Å². The van der Waals surface area contributed by atoms with Gasteiger partial charge >= 0.3 is 0 Å². The highest BCUT2D eigenvalue weighted by Gasteiger charge is 2.40. The van der Waals surface area contributed by atoms with E-state index in [0.29, 0.717) is 30.6 Å². The lowest BCUT2D eigenvalue weighted by Gasteiger charge is -2.28. The lowest BCUT2D eigenvalue weighted by Crippen LogP contribution is -2.41. The number of aryl methyl sites for hydroxylation is 1. The normalized spacial score (nSPS) is 23.3. The Kier molecular flexibility index (Phi) is 4.60. The standard InChI is InChI=1S/C22H27N5O2/c1-14-5-2-3-6-15(14)10-20(28)26-11-16-9-19-24-25-21(27(19)13-17(16)12-26)22(29)23-18-7-4-8-18/h2-3,5-6,16-18H,4,7-13H2,1H3,(H,23,29)/t16-,17-/m0/s1. The zero-order valence-corrected chi connectivity index (χ0v) is 16.8. The summed E-state index contributed by atoms with van der Waals surface area (Å²) in [5.74, 6) is 2.13. The van der Waals surface area contributed by atoms with Crippen molar-refractivity contribution < 1.29 is 9.59 Å². The van der Waals surface area contributed by atoms with Gasteiger partial charge in [0.25, 0.3) is 5.91 Å². The first-order valence-electron chi connectivity index (χ1n) is 10.6. The van der Waals surface area contributed by atoms with E-state index in [0.717, 1.165) is 49.3 Å². The van der Waals surface area contributed by atoms with Crippen LogP contribution in [-0.4, -0.2) is 50.6 Å². The van der Waals surface area contributed by atoms with Crippen LogP contribution in [0.1, 0.15) is 46.8 Å². The molecule has 0 spiro atoms. The van der Waals surface area contributed by atoms with Crippen LogP contribution in [0, 0.1) is 18.8 Å². The minimum Gasteiger partial charge on any atom is -0.347 e. The Morgan fingerprint density at radius 1 is 1.10 bits per heavy atom. The smallest absolute Gasteiger partial charge is 0.289 e. The first-order valence-corrected chi connectivity index (χ1v) is 10.6. The number of fused-ring (bicyclic) bond motifs is 2. The fraction of sp³-hybridized carbons (Fsp3) is 0.545. The van der Waals surface area contributed by atoms with Crippen molar-refractivity contribution in [3.8, 4) is 0 Å². The number of nitrogens with one attached hydrogen (secondary N) is 1. The average molecular weight is 393 g/mol. The van der Waals surface area contributed by atoms with Crippen LogP contribution in [0.15, 0.2) is 24.3 Å². The number of hydrogen-bond donors (Lipinski definition) is 1. The Labute approximate surface area is 170 Å². The van der Waals surface area contributed by atoms with Crippen molar-refractivity contribution in [3.63, 3.8) is 0 Å². The molecule has 2 aromatic rings. The molecule has 2 aliphatic heterocycles. The summed E-state index contributed by atoms with van der Waals surface area (Å²) < 4.78 is 1.98. The van der Waals surface area contributed by atoms with Crippen LogP contribution in [-0.2, 0) is 24.2 Å². The monoisotopic (exact) mass is 393 g/mol. The molecule has 1 N–H and O–H groups in total. The Hall–Kier alpha value is -2.70. The van der Waals surface area contributed by atoms with Crippen molar-refractivity contribution in [1.82, 2.24) is 25.0 Å². The molecule has 1 aliphatic carbocycles. The molecule has 1 saturated carbocycles. The van der Waals surface area contributed by atoms with Crippen LogP contribution in [0.3, 0.4) is 0 Å². The molecule has 3 heterocycles. The second-order valence-electron chi connectivity index (χ2n) is 8.78. The van der Waals surface area contributed by atoms with Gasteiger partial charge < -0.3 is 14.8 Å². The van der Waals surface area contributed by atoms with Crippen LogP contribution in [0.5, 0.6) is 0 Å². The molecule has 2 amide bonds. The summed E-state index contributed by atoms with van der Waals surface area (Å²) in [6.45, 7) is 4.28. The Morgan fingerprint density at radius 2 is 1.90 bits per heavy atom. The van der Waals surface area contributed by atoms with E-state index in [4.69, 9.17) is 0 Å². The Morgan fingerprint density at radius 3 is 2.66 bits per heavy atom. The van der Waals surface area contributed by atoms with E-state index in [9.17, 15) is 9.59 Å². The molecule has 2 fully saturated rings. The van der Waals surface area contributed by atoms with E-state index in [1.807, 2.05) is 27.7 Å². The van der Waals surface area contributed by atoms with E-state index in [1.54, 1.807) is 0 Å². The number of carbonyl (C=O) groups is 2. The van der Waals surface area contributed by atoms with Gasteiger partial charge in [-0.15, -0.1) is 10.2 Å². The van der Waals surface area contributed by atoms with Gasteiger partial charge in [0.2, 0.25) is 11.7 Å². The molecular formula is C22H27N5O2. The molecule has 1 saturated heterocycles.